The topological polar surface area (TPSA) is 96.8 Å². The highest BCUT2D eigenvalue weighted by Gasteiger charge is 2.25. The van der Waals surface area contributed by atoms with Gasteiger partial charge in [0.2, 0.25) is 5.95 Å². The van der Waals surface area contributed by atoms with Crippen LogP contribution < -0.4 is 15.0 Å². The van der Waals surface area contributed by atoms with E-state index in [0.717, 1.165) is 15.8 Å². The summed E-state index contributed by atoms with van der Waals surface area (Å²) in [7, 11) is 1.58. The number of methoxy groups -OCH3 is 1. The van der Waals surface area contributed by atoms with Crippen LogP contribution in [0, 0.1) is 0 Å². The van der Waals surface area contributed by atoms with Crippen LogP contribution in [0.1, 0.15) is 18.4 Å². The Bertz CT molecular complexity index is 1100. The van der Waals surface area contributed by atoms with Gasteiger partial charge in [0.15, 0.2) is 0 Å². The summed E-state index contributed by atoms with van der Waals surface area (Å²) in [5.74, 6) is 1.88. The SMILES string of the molecule is COc1ccc(CNc2nc(N3CCC(OC(=O)O)CC3)nc3sc(Cl)cc23)cc1Cl. The average Bonchev–Trinajstić information content (AvgIpc) is 3.12. The third-order valence-corrected chi connectivity index (χ3v) is 6.47. The molecule has 11 heteroatoms. The number of piperidine rings is 1. The van der Waals surface area contributed by atoms with E-state index in [4.69, 9.17) is 42.8 Å². The maximum absolute atomic E-state index is 10.8. The molecule has 2 aromatic heterocycles. The summed E-state index contributed by atoms with van der Waals surface area (Å²) >= 11 is 13.9. The summed E-state index contributed by atoms with van der Waals surface area (Å²) in [5, 5.41) is 13.6. The molecule has 0 saturated carbocycles. The zero-order valence-electron chi connectivity index (χ0n) is 16.6. The molecule has 0 unspecified atom stereocenters. The van der Waals surface area contributed by atoms with Crippen molar-refractivity contribution in [3.63, 3.8) is 0 Å². The fraction of sp³-hybridized carbons (Fsp3) is 0.350. The predicted molar refractivity (Wildman–Crippen MR) is 122 cm³/mol. The minimum atomic E-state index is -1.24. The van der Waals surface area contributed by atoms with Gasteiger partial charge in [-0.1, -0.05) is 29.3 Å². The highest BCUT2D eigenvalue weighted by atomic mass is 35.5. The minimum Gasteiger partial charge on any atom is -0.495 e. The number of halogens is 2. The summed E-state index contributed by atoms with van der Waals surface area (Å²) in [5.41, 5.74) is 0.979. The smallest absolute Gasteiger partial charge is 0.495 e. The molecule has 1 fully saturated rings. The van der Waals surface area contributed by atoms with E-state index in [1.165, 1.54) is 11.3 Å². The van der Waals surface area contributed by atoms with Crippen molar-refractivity contribution in [2.45, 2.75) is 25.5 Å². The van der Waals surface area contributed by atoms with Crippen molar-refractivity contribution in [3.05, 3.63) is 39.2 Å². The van der Waals surface area contributed by atoms with E-state index in [0.29, 0.717) is 59.4 Å². The predicted octanol–water partition coefficient (Wildman–Crippen LogP) is 5.28. The van der Waals surface area contributed by atoms with Crippen LogP contribution in [0.25, 0.3) is 10.2 Å². The average molecular weight is 483 g/mol. The third-order valence-electron chi connectivity index (χ3n) is 5.02. The van der Waals surface area contributed by atoms with E-state index in [-0.39, 0.29) is 6.10 Å². The molecule has 31 heavy (non-hydrogen) atoms. The fourth-order valence-corrected chi connectivity index (χ4v) is 4.84. The highest BCUT2D eigenvalue weighted by Crippen LogP contribution is 2.34. The van der Waals surface area contributed by atoms with Gasteiger partial charge in [0, 0.05) is 32.5 Å². The number of ether oxygens (including phenoxy) is 2. The molecule has 3 heterocycles. The molecule has 2 N–H and O–H groups in total. The molecule has 1 aliphatic rings. The van der Waals surface area contributed by atoms with E-state index >= 15 is 0 Å². The number of hydrogen-bond donors (Lipinski definition) is 2. The van der Waals surface area contributed by atoms with Gasteiger partial charge in [-0.15, -0.1) is 11.3 Å². The fourth-order valence-electron chi connectivity index (χ4n) is 3.48. The van der Waals surface area contributed by atoms with E-state index in [9.17, 15) is 4.79 Å². The third kappa shape index (κ3) is 5.06. The standard InChI is InChI=1S/C20H20Cl2N4O4S/c1-29-15-3-2-11(8-14(15)21)10-23-17-13-9-16(22)31-18(13)25-19(24-17)26-6-4-12(5-7-26)30-20(27)28/h2-3,8-9,12H,4-7,10H2,1H3,(H,27,28)(H,23,24,25). The van der Waals surface area contributed by atoms with Crippen molar-refractivity contribution in [3.8, 4) is 5.75 Å². The van der Waals surface area contributed by atoms with Crippen molar-refractivity contribution in [1.82, 2.24) is 9.97 Å². The van der Waals surface area contributed by atoms with Crippen molar-refractivity contribution < 1.29 is 19.4 Å². The number of nitrogens with zero attached hydrogens (tertiary/aromatic N) is 3. The Balaban J connectivity index is 1.54. The summed E-state index contributed by atoms with van der Waals surface area (Å²) in [4.78, 5) is 23.0. The van der Waals surface area contributed by atoms with Gasteiger partial charge in [-0.25, -0.2) is 9.78 Å². The molecule has 0 amide bonds. The first-order valence-electron chi connectivity index (χ1n) is 9.61. The second kappa shape index (κ2) is 9.33. The zero-order valence-corrected chi connectivity index (χ0v) is 18.9. The normalized spacial score (nSPS) is 14.6. The van der Waals surface area contributed by atoms with Gasteiger partial charge in [-0.05, 0) is 23.8 Å². The number of nitrogens with one attached hydrogen (secondary N) is 1. The summed E-state index contributed by atoms with van der Waals surface area (Å²) in [6.45, 7) is 1.73. The molecule has 0 atom stereocenters. The number of rotatable bonds is 6. The van der Waals surface area contributed by atoms with Crippen molar-refractivity contribution in [2.24, 2.45) is 0 Å². The first-order valence-corrected chi connectivity index (χ1v) is 11.2. The monoisotopic (exact) mass is 482 g/mol. The Kier molecular flexibility index (Phi) is 6.54. The molecule has 8 nitrogen and oxygen atoms in total. The molecule has 0 bridgehead atoms. The Labute approximate surface area is 192 Å². The Morgan fingerprint density at radius 2 is 2.06 bits per heavy atom. The van der Waals surface area contributed by atoms with E-state index in [1.807, 2.05) is 29.2 Å². The molecule has 4 rings (SSSR count). The number of carboxylic acid groups (broad SMARTS) is 1. The van der Waals surface area contributed by atoms with E-state index in [2.05, 4.69) is 10.3 Å². The van der Waals surface area contributed by atoms with Crippen molar-refractivity contribution >= 4 is 62.7 Å². The lowest BCUT2D eigenvalue weighted by atomic mass is 10.1. The maximum atomic E-state index is 10.8. The van der Waals surface area contributed by atoms with Gasteiger partial charge < -0.3 is 24.8 Å². The first-order chi connectivity index (χ1) is 14.9. The lowest BCUT2D eigenvalue weighted by Crippen LogP contribution is -2.38. The van der Waals surface area contributed by atoms with E-state index in [1.54, 1.807) is 7.11 Å². The first kappa shape index (κ1) is 21.7. The number of carbonyl (C=O) groups is 1. The van der Waals surface area contributed by atoms with Crippen LogP contribution in [0.4, 0.5) is 16.6 Å². The lowest BCUT2D eigenvalue weighted by Gasteiger charge is -2.31. The van der Waals surface area contributed by atoms with Gasteiger partial charge >= 0.3 is 6.16 Å². The van der Waals surface area contributed by atoms with Crippen molar-refractivity contribution in [2.75, 3.05) is 30.4 Å². The van der Waals surface area contributed by atoms with Gasteiger partial charge in [0.1, 0.15) is 22.5 Å². The summed E-state index contributed by atoms with van der Waals surface area (Å²) in [6.07, 6.45) is -0.363. The quantitative estimate of drug-likeness (QED) is 0.457. The number of benzene rings is 1. The Morgan fingerprint density at radius 1 is 1.29 bits per heavy atom. The van der Waals surface area contributed by atoms with Gasteiger partial charge in [-0.3, -0.25) is 0 Å². The van der Waals surface area contributed by atoms with Crippen LogP contribution in [-0.2, 0) is 11.3 Å². The lowest BCUT2D eigenvalue weighted by molar-refractivity contribution is 0.0415. The Hall–Kier alpha value is -2.49. The number of aromatic nitrogens is 2. The molecule has 0 aliphatic carbocycles. The number of fused-ring (bicyclic) bond motifs is 1. The molecule has 0 spiro atoms. The van der Waals surface area contributed by atoms with E-state index < -0.39 is 6.16 Å². The largest absolute Gasteiger partial charge is 0.506 e. The molecular weight excluding hydrogens is 463 g/mol. The second-order valence-corrected chi connectivity index (χ2v) is 9.10. The van der Waals surface area contributed by atoms with Crippen LogP contribution in [0.5, 0.6) is 5.75 Å². The van der Waals surface area contributed by atoms with Gasteiger partial charge in [0.05, 0.1) is 21.9 Å². The molecule has 1 aliphatic heterocycles. The van der Waals surface area contributed by atoms with Crippen molar-refractivity contribution in [1.29, 1.82) is 0 Å². The zero-order chi connectivity index (χ0) is 22.0. The molecular formula is C20H20Cl2N4O4S. The van der Waals surface area contributed by atoms with Gasteiger partial charge in [-0.2, -0.15) is 4.98 Å². The van der Waals surface area contributed by atoms with Crippen LogP contribution in [0.3, 0.4) is 0 Å². The molecule has 3 aromatic rings. The minimum absolute atomic E-state index is 0.300. The van der Waals surface area contributed by atoms with Gasteiger partial charge in [0.25, 0.3) is 0 Å². The molecule has 0 radical (unpaired) electrons. The second-order valence-electron chi connectivity index (χ2n) is 7.03. The maximum Gasteiger partial charge on any atom is 0.506 e. The number of thiophene rings is 1. The number of hydrogen-bond acceptors (Lipinski definition) is 8. The van der Waals surface area contributed by atoms with Crippen LogP contribution >= 0.6 is 34.5 Å². The summed E-state index contributed by atoms with van der Waals surface area (Å²) < 4.78 is 10.7. The van der Waals surface area contributed by atoms with Crippen LogP contribution in [0.2, 0.25) is 9.36 Å². The molecule has 164 valence electrons. The van der Waals surface area contributed by atoms with Crippen LogP contribution in [-0.4, -0.2) is 47.5 Å². The molecule has 1 saturated heterocycles. The Morgan fingerprint density at radius 3 is 2.74 bits per heavy atom. The highest BCUT2D eigenvalue weighted by molar-refractivity contribution is 7.22. The molecule has 1 aromatic carbocycles. The number of anilines is 2. The summed E-state index contributed by atoms with van der Waals surface area (Å²) in [6, 6.07) is 7.46. The van der Waals surface area contributed by atoms with Crippen LogP contribution in [0.15, 0.2) is 24.3 Å².